The molecule has 2 fully saturated rings. The number of halogens is 1. The maximum atomic E-state index is 13.4. The second-order valence-electron chi connectivity index (χ2n) is 11.0. The van der Waals surface area contributed by atoms with Crippen LogP contribution in [0.3, 0.4) is 0 Å². The summed E-state index contributed by atoms with van der Waals surface area (Å²) >= 11 is 9.89. The Morgan fingerprint density at radius 2 is 1.95 bits per heavy atom. The van der Waals surface area contributed by atoms with Crippen LogP contribution in [0.25, 0.3) is 10.9 Å². The van der Waals surface area contributed by atoms with Crippen molar-refractivity contribution in [2.45, 2.75) is 54.6 Å². The number of benzene rings is 1. The van der Waals surface area contributed by atoms with Crippen LogP contribution in [0.5, 0.6) is 0 Å². The van der Waals surface area contributed by atoms with Gasteiger partial charge in [-0.25, -0.2) is 19.9 Å². The Hall–Kier alpha value is -2.57. The first-order valence-corrected chi connectivity index (χ1v) is 15.8. The number of hydrogen-bond donors (Lipinski definition) is 1. The lowest BCUT2D eigenvalue weighted by atomic mass is 9.74. The van der Waals surface area contributed by atoms with Crippen LogP contribution in [-0.2, 0) is 17.7 Å². The SMILES string of the molecule is N[C@H]1c2scnc2CC12CCN(c1cnc(Sc3ccc4ncn(CC5CCOCC5)c(=O)c4c3Cl)cn1)CC2. The summed E-state index contributed by atoms with van der Waals surface area (Å²) in [6.45, 7) is 3.90. The second-order valence-corrected chi connectivity index (χ2v) is 13.3. The highest BCUT2D eigenvalue weighted by Gasteiger charge is 2.47. The third-order valence-electron chi connectivity index (χ3n) is 8.74. The van der Waals surface area contributed by atoms with Gasteiger partial charge in [0.05, 0.1) is 45.9 Å². The van der Waals surface area contributed by atoms with E-state index in [9.17, 15) is 4.79 Å². The third-order valence-corrected chi connectivity index (χ3v) is 11.2. The van der Waals surface area contributed by atoms with E-state index in [2.05, 4.69) is 19.9 Å². The van der Waals surface area contributed by atoms with E-state index in [0.29, 0.717) is 28.4 Å². The van der Waals surface area contributed by atoms with Crippen molar-refractivity contribution in [2.75, 3.05) is 31.2 Å². The minimum absolute atomic E-state index is 0.0786. The Bertz CT molecular complexity index is 1590. The van der Waals surface area contributed by atoms with Gasteiger partial charge in [-0.1, -0.05) is 23.4 Å². The molecule has 40 heavy (non-hydrogen) atoms. The average molecular weight is 596 g/mol. The van der Waals surface area contributed by atoms with E-state index in [0.717, 1.165) is 74.1 Å². The highest BCUT2D eigenvalue weighted by molar-refractivity contribution is 7.99. The monoisotopic (exact) mass is 595 g/mol. The van der Waals surface area contributed by atoms with Crippen LogP contribution < -0.4 is 16.2 Å². The number of aromatic nitrogens is 5. The van der Waals surface area contributed by atoms with Crippen molar-refractivity contribution in [1.82, 2.24) is 24.5 Å². The Morgan fingerprint density at radius 3 is 2.70 bits per heavy atom. The van der Waals surface area contributed by atoms with Crippen molar-refractivity contribution in [3.05, 3.63) is 62.3 Å². The topological polar surface area (TPSA) is 112 Å². The molecular formula is C28H30ClN7O2S2. The van der Waals surface area contributed by atoms with E-state index in [4.69, 9.17) is 27.1 Å². The summed E-state index contributed by atoms with van der Waals surface area (Å²) in [6, 6.07) is 3.81. The number of nitrogens with two attached hydrogens (primary N) is 1. The molecule has 1 aliphatic carbocycles. The minimum atomic E-state index is -0.110. The molecule has 1 spiro atoms. The molecule has 1 aromatic carbocycles. The summed E-state index contributed by atoms with van der Waals surface area (Å²) in [4.78, 5) is 36.1. The standard InChI is InChI=1S/C28H30ClN7O2S2/c29-24-20(2-1-18-23(24)27(37)36(15-33-18)14-17-3-9-38-10-4-17)40-22-13-31-21(12-32-22)35-7-5-28(6-8-35)11-19-25(26(28)30)39-16-34-19/h1-2,12-13,15-17,26H,3-11,14,30H2/t26-/m0/s1. The molecule has 9 nitrogen and oxygen atoms in total. The molecule has 0 saturated carbocycles. The first kappa shape index (κ1) is 26.3. The van der Waals surface area contributed by atoms with E-state index in [1.165, 1.54) is 22.3 Å². The summed E-state index contributed by atoms with van der Waals surface area (Å²) in [5.74, 6) is 1.27. The Morgan fingerprint density at radius 1 is 1.12 bits per heavy atom. The fourth-order valence-electron chi connectivity index (χ4n) is 6.29. The average Bonchev–Trinajstić information content (AvgIpc) is 3.53. The Balaban J connectivity index is 1.05. The van der Waals surface area contributed by atoms with Gasteiger partial charge in [-0.3, -0.25) is 9.36 Å². The molecule has 0 amide bonds. The molecule has 5 heterocycles. The number of ether oxygens (including phenoxy) is 1. The molecule has 12 heteroatoms. The second kappa shape index (κ2) is 10.7. The number of nitrogens with zero attached hydrogens (tertiary/aromatic N) is 6. The van der Waals surface area contributed by atoms with Gasteiger partial charge >= 0.3 is 0 Å². The highest BCUT2D eigenvalue weighted by atomic mass is 35.5. The van der Waals surface area contributed by atoms with E-state index in [1.807, 2.05) is 23.8 Å². The van der Waals surface area contributed by atoms with E-state index < -0.39 is 0 Å². The number of piperidine rings is 1. The number of anilines is 1. The zero-order valence-corrected chi connectivity index (χ0v) is 24.4. The lowest BCUT2D eigenvalue weighted by molar-refractivity contribution is 0.0609. The van der Waals surface area contributed by atoms with Gasteiger partial charge in [-0.2, -0.15) is 0 Å². The minimum Gasteiger partial charge on any atom is -0.381 e. The maximum absolute atomic E-state index is 13.4. The lowest BCUT2D eigenvalue weighted by Crippen LogP contribution is -2.44. The van der Waals surface area contributed by atoms with Gasteiger partial charge in [0, 0.05) is 48.7 Å². The summed E-state index contributed by atoms with van der Waals surface area (Å²) in [5, 5.41) is 1.57. The van der Waals surface area contributed by atoms with Crippen LogP contribution in [0, 0.1) is 11.3 Å². The predicted molar refractivity (Wildman–Crippen MR) is 157 cm³/mol. The molecular weight excluding hydrogens is 566 g/mol. The first-order chi connectivity index (χ1) is 19.5. The van der Waals surface area contributed by atoms with Crippen LogP contribution in [0.1, 0.15) is 42.3 Å². The summed E-state index contributed by atoms with van der Waals surface area (Å²) in [7, 11) is 0. The van der Waals surface area contributed by atoms with Gasteiger partial charge in [0.15, 0.2) is 0 Å². The summed E-state index contributed by atoms with van der Waals surface area (Å²) in [6.07, 6.45) is 10.1. The molecule has 0 bridgehead atoms. The van der Waals surface area contributed by atoms with Crippen molar-refractivity contribution in [3.63, 3.8) is 0 Å². The smallest absolute Gasteiger partial charge is 0.262 e. The van der Waals surface area contributed by atoms with E-state index in [-0.39, 0.29) is 17.0 Å². The molecule has 2 aliphatic heterocycles. The summed E-state index contributed by atoms with van der Waals surface area (Å²) < 4.78 is 7.14. The van der Waals surface area contributed by atoms with Crippen molar-refractivity contribution in [2.24, 2.45) is 17.1 Å². The predicted octanol–water partition coefficient (Wildman–Crippen LogP) is 4.72. The van der Waals surface area contributed by atoms with Crippen LogP contribution in [0.4, 0.5) is 5.82 Å². The molecule has 4 aromatic rings. The molecule has 0 unspecified atom stereocenters. The quantitative estimate of drug-likeness (QED) is 0.350. The molecule has 7 rings (SSSR count). The van der Waals surface area contributed by atoms with Crippen molar-refractivity contribution < 1.29 is 4.74 Å². The van der Waals surface area contributed by atoms with Gasteiger partial charge in [-0.15, -0.1) is 11.3 Å². The normalized spacial score (nSPS) is 20.9. The largest absolute Gasteiger partial charge is 0.381 e. The van der Waals surface area contributed by atoms with Crippen LogP contribution >= 0.6 is 34.7 Å². The Kier molecular flexibility index (Phi) is 7.03. The molecule has 3 aromatic heterocycles. The third kappa shape index (κ3) is 4.71. The number of fused-ring (bicyclic) bond motifs is 2. The van der Waals surface area contributed by atoms with Crippen molar-refractivity contribution in [1.29, 1.82) is 0 Å². The first-order valence-electron chi connectivity index (χ1n) is 13.7. The molecule has 3 aliphatic rings. The van der Waals surface area contributed by atoms with Gasteiger partial charge < -0.3 is 15.4 Å². The van der Waals surface area contributed by atoms with Crippen LogP contribution in [0.15, 0.2) is 51.1 Å². The van der Waals surface area contributed by atoms with Crippen LogP contribution in [0.2, 0.25) is 5.02 Å². The Labute approximate surface area is 245 Å². The molecule has 2 N–H and O–H groups in total. The van der Waals surface area contributed by atoms with Gasteiger partial charge in [-0.05, 0) is 55.6 Å². The number of rotatable bonds is 5. The fraction of sp³-hybridized carbons (Fsp3) is 0.464. The zero-order chi connectivity index (χ0) is 27.3. The maximum Gasteiger partial charge on any atom is 0.262 e. The number of thiazole rings is 1. The highest BCUT2D eigenvalue weighted by Crippen LogP contribution is 2.51. The molecule has 0 radical (unpaired) electrons. The van der Waals surface area contributed by atoms with E-state index >= 15 is 0 Å². The van der Waals surface area contributed by atoms with Gasteiger partial charge in [0.25, 0.3) is 5.56 Å². The van der Waals surface area contributed by atoms with Crippen molar-refractivity contribution >= 4 is 51.4 Å². The molecule has 208 valence electrons. The van der Waals surface area contributed by atoms with Crippen molar-refractivity contribution in [3.8, 4) is 0 Å². The molecule has 2 saturated heterocycles. The lowest BCUT2D eigenvalue weighted by Gasteiger charge is -2.42. The fourth-order valence-corrected chi connectivity index (χ4v) is 8.37. The van der Waals surface area contributed by atoms with Crippen LogP contribution in [-0.4, -0.2) is 50.8 Å². The van der Waals surface area contributed by atoms with E-state index in [1.54, 1.807) is 28.4 Å². The van der Waals surface area contributed by atoms with Gasteiger partial charge in [0.2, 0.25) is 0 Å². The number of hydrogen-bond acceptors (Lipinski definition) is 10. The van der Waals surface area contributed by atoms with Gasteiger partial charge in [0.1, 0.15) is 10.8 Å². The summed E-state index contributed by atoms with van der Waals surface area (Å²) in [5.41, 5.74) is 10.4. The molecule has 1 atom stereocenters. The zero-order valence-electron chi connectivity index (χ0n) is 22.0.